The highest BCUT2D eigenvalue weighted by molar-refractivity contribution is 5.58. The predicted molar refractivity (Wildman–Crippen MR) is 61.8 cm³/mol. The SMILES string of the molecule is CCCN(C)C(C=O)Cc1c[c]ccc1. The van der Waals surface area contributed by atoms with Crippen molar-refractivity contribution in [3.63, 3.8) is 0 Å². The summed E-state index contributed by atoms with van der Waals surface area (Å²) in [6.07, 6.45) is 2.88. The fourth-order valence-electron chi connectivity index (χ4n) is 1.63. The first-order chi connectivity index (χ1) is 7.27. The van der Waals surface area contributed by atoms with Crippen molar-refractivity contribution in [1.82, 2.24) is 4.90 Å². The molecule has 0 aliphatic carbocycles. The van der Waals surface area contributed by atoms with Gasteiger partial charge in [-0.15, -0.1) is 0 Å². The summed E-state index contributed by atoms with van der Waals surface area (Å²) in [7, 11) is 2.00. The Labute approximate surface area is 91.9 Å². The highest BCUT2D eigenvalue weighted by Gasteiger charge is 2.12. The van der Waals surface area contributed by atoms with Gasteiger partial charge in [-0.1, -0.05) is 31.2 Å². The van der Waals surface area contributed by atoms with Crippen LogP contribution in [0.1, 0.15) is 18.9 Å². The van der Waals surface area contributed by atoms with E-state index in [1.807, 2.05) is 31.3 Å². The third kappa shape index (κ3) is 3.84. The zero-order valence-corrected chi connectivity index (χ0v) is 9.44. The van der Waals surface area contributed by atoms with Crippen LogP contribution in [0.4, 0.5) is 0 Å². The van der Waals surface area contributed by atoms with E-state index in [4.69, 9.17) is 0 Å². The Kier molecular flexibility index (Phi) is 5.05. The monoisotopic (exact) mass is 204 g/mol. The summed E-state index contributed by atoms with van der Waals surface area (Å²) < 4.78 is 0. The Bertz CT molecular complexity index is 284. The number of hydrogen-bond acceptors (Lipinski definition) is 2. The van der Waals surface area contributed by atoms with Gasteiger partial charge in [0, 0.05) is 0 Å². The predicted octanol–water partition coefficient (Wildman–Crippen LogP) is 1.94. The molecule has 0 amide bonds. The first-order valence-electron chi connectivity index (χ1n) is 5.38. The normalized spacial score (nSPS) is 12.7. The Morgan fingerprint density at radius 3 is 2.93 bits per heavy atom. The van der Waals surface area contributed by atoms with E-state index in [1.165, 1.54) is 0 Å². The lowest BCUT2D eigenvalue weighted by Gasteiger charge is -2.22. The minimum Gasteiger partial charge on any atom is -0.302 e. The standard InChI is InChI=1S/C13H18NO/c1-3-9-14(2)13(11-15)10-12-7-5-4-6-8-12/h4-5,7-8,11,13H,3,9-10H2,1-2H3. The molecule has 81 valence electrons. The molecule has 2 heteroatoms. The molecule has 0 saturated carbocycles. The molecule has 0 N–H and O–H groups in total. The molecule has 2 nitrogen and oxygen atoms in total. The van der Waals surface area contributed by atoms with Gasteiger partial charge in [-0.2, -0.15) is 0 Å². The first-order valence-corrected chi connectivity index (χ1v) is 5.38. The van der Waals surface area contributed by atoms with Crippen LogP contribution in [-0.4, -0.2) is 30.8 Å². The Balaban J connectivity index is 2.57. The Hall–Kier alpha value is -1.15. The number of carbonyl (C=O) groups is 1. The molecular formula is C13H18NO. The number of rotatable bonds is 6. The number of nitrogens with zero attached hydrogens (tertiary/aromatic N) is 1. The van der Waals surface area contributed by atoms with Crippen molar-refractivity contribution >= 4 is 6.29 Å². The van der Waals surface area contributed by atoms with Crippen molar-refractivity contribution in [3.8, 4) is 0 Å². The summed E-state index contributed by atoms with van der Waals surface area (Å²) in [4.78, 5) is 13.1. The third-order valence-corrected chi connectivity index (χ3v) is 2.52. The molecular weight excluding hydrogens is 186 g/mol. The highest BCUT2D eigenvalue weighted by atomic mass is 16.1. The summed E-state index contributed by atoms with van der Waals surface area (Å²) in [5, 5.41) is 0. The van der Waals surface area contributed by atoms with Crippen molar-refractivity contribution in [2.75, 3.05) is 13.6 Å². The quantitative estimate of drug-likeness (QED) is 0.660. The zero-order chi connectivity index (χ0) is 11.1. The van der Waals surface area contributed by atoms with Gasteiger partial charge in [-0.25, -0.2) is 0 Å². The van der Waals surface area contributed by atoms with Crippen molar-refractivity contribution in [3.05, 3.63) is 35.9 Å². The second-order valence-electron chi connectivity index (χ2n) is 3.80. The second-order valence-corrected chi connectivity index (χ2v) is 3.80. The fraction of sp³-hybridized carbons (Fsp3) is 0.462. The summed E-state index contributed by atoms with van der Waals surface area (Å²) in [5.41, 5.74) is 1.16. The molecule has 0 saturated heterocycles. The van der Waals surface area contributed by atoms with Gasteiger partial charge in [0.25, 0.3) is 0 Å². The zero-order valence-electron chi connectivity index (χ0n) is 9.44. The number of hydrogen-bond donors (Lipinski definition) is 0. The van der Waals surface area contributed by atoms with Crippen LogP contribution >= 0.6 is 0 Å². The number of aldehydes is 1. The lowest BCUT2D eigenvalue weighted by atomic mass is 10.1. The lowest BCUT2D eigenvalue weighted by molar-refractivity contribution is -0.112. The maximum Gasteiger partial charge on any atom is 0.137 e. The van der Waals surface area contributed by atoms with E-state index in [1.54, 1.807) is 0 Å². The smallest absolute Gasteiger partial charge is 0.137 e. The van der Waals surface area contributed by atoms with Gasteiger partial charge in [0.2, 0.25) is 0 Å². The van der Waals surface area contributed by atoms with E-state index in [9.17, 15) is 4.79 Å². The van der Waals surface area contributed by atoms with Crippen molar-refractivity contribution in [2.45, 2.75) is 25.8 Å². The summed E-state index contributed by atoms with van der Waals surface area (Å²) in [6, 6.07) is 10.8. The molecule has 1 unspecified atom stereocenters. The van der Waals surface area contributed by atoms with Crippen molar-refractivity contribution in [1.29, 1.82) is 0 Å². The lowest BCUT2D eigenvalue weighted by Crippen LogP contribution is -2.35. The Morgan fingerprint density at radius 2 is 2.40 bits per heavy atom. The van der Waals surface area contributed by atoms with E-state index in [0.29, 0.717) is 0 Å². The van der Waals surface area contributed by atoms with Crippen LogP contribution in [0.2, 0.25) is 0 Å². The first kappa shape index (κ1) is 11.9. The molecule has 1 atom stereocenters. The van der Waals surface area contributed by atoms with Gasteiger partial charge < -0.3 is 4.79 Å². The van der Waals surface area contributed by atoms with Gasteiger partial charge in [0.15, 0.2) is 0 Å². The molecule has 0 aromatic heterocycles. The van der Waals surface area contributed by atoms with Crippen LogP contribution in [0, 0.1) is 6.07 Å². The molecule has 0 bridgehead atoms. The van der Waals surface area contributed by atoms with Gasteiger partial charge in [-0.3, -0.25) is 4.90 Å². The molecule has 15 heavy (non-hydrogen) atoms. The van der Waals surface area contributed by atoms with E-state index in [-0.39, 0.29) is 6.04 Å². The molecule has 1 aromatic rings. The molecule has 1 aromatic carbocycles. The van der Waals surface area contributed by atoms with Crippen LogP contribution in [0.3, 0.4) is 0 Å². The molecule has 0 heterocycles. The van der Waals surface area contributed by atoms with Crippen LogP contribution in [0.15, 0.2) is 24.3 Å². The van der Waals surface area contributed by atoms with E-state index >= 15 is 0 Å². The summed E-state index contributed by atoms with van der Waals surface area (Å²) >= 11 is 0. The van der Waals surface area contributed by atoms with Gasteiger partial charge in [0.05, 0.1) is 6.04 Å². The molecule has 0 aliphatic rings. The largest absolute Gasteiger partial charge is 0.302 e. The topological polar surface area (TPSA) is 20.3 Å². The van der Waals surface area contributed by atoms with Crippen LogP contribution in [-0.2, 0) is 11.2 Å². The van der Waals surface area contributed by atoms with Crippen molar-refractivity contribution < 1.29 is 4.79 Å². The summed E-state index contributed by atoms with van der Waals surface area (Å²) in [5.74, 6) is 0. The number of likely N-dealkylation sites (N-methyl/N-ethyl adjacent to an activating group) is 1. The van der Waals surface area contributed by atoms with Gasteiger partial charge in [-0.05, 0) is 38.1 Å². The molecule has 0 fully saturated rings. The van der Waals surface area contributed by atoms with Gasteiger partial charge >= 0.3 is 0 Å². The van der Waals surface area contributed by atoms with Crippen LogP contribution in [0.5, 0.6) is 0 Å². The molecule has 0 aliphatic heterocycles. The molecule has 1 radical (unpaired) electrons. The average Bonchev–Trinajstić information content (AvgIpc) is 2.27. The van der Waals surface area contributed by atoms with E-state index in [2.05, 4.69) is 17.9 Å². The van der Waals surface area contributed by atoms with E-state index < -0.39 is 0 Å². The minimum absolute atomic E-state index is 0.0132. The average molecular weight is 204 g/mol. The van der Waals surface area contributed by atoms with Gasteiger partial charge in [0.1, 0.15) is 6.29 Å². The highest BCUT2D eigenvalue weighted by Crippen LogP contribution is 2.06. The number of benzene rings is 1. The maximum atomic E-state index is 11.0. The van der Waals surface area contributed by atoms with Crippen LogP contribution in [0.25, 0.3) is 0 Å². The fourth-order valence-corrected chi connectivity index (χ4v) is 1.63. The van der Waals surface area contributed by atoms with E-state index in [0.717, 1.165) is 31.2 Å². The maximum absolute atomic E-state index is 11.0. The van der Waals surface area contributed by atoms with Crippen molar-refractivity contribution in [2.24, 2.45) is 0 Å². The Morgan fingerprint density at radius 1 is 1.60 bits per heavy atom. The number of carbonyl (C=O) groups excluding carboxylic acids is 1. The third-order valence-electron chi connectivity index (χ3n) is 2.52. The van der Waals surface area contributed by atoms with Crippen LogP contribution < -0.4 is 0 Å². The molecule has 1 rings (SSSR count). The molecule has 0 spiro atoms. The summed E-state index contributed by atoms with van der Waals surface area (Å²) in [6.45, 7) is 3.08. The second kappa shape index (κ2) is 6.36. The minimum atomic E-state index is -0.0132.